The van der Waals surface area contributed by atoms with Crippen LogP contribution in [0.4, 0.5) is 20.7 Å². The fraction of sp³-hybridized carbons (Fsp3) is 0.348. The Labute approximate surface area is 184 Å². The third kappa shape index (κ3) is 4.03. The number of aromatic nitrogens is 2. The average molecular weight is 437 g/mol. The summed E-state index contributed by atoms with van der Waals surface area (Å²) in [5.74, 6) is 0.512. The van der Waals surface area contributed by atoms with Crippen molar-refractivity contribution in [1.82, 2.24) is 15.3 Å². The van der Waals surface area contributed by atoms with Crippen molar-refractivity contribution < 1.29 is 18.7 Å². The van der Waals surface area contributed by atoms with Gasteiger partial charge in [0.25, 0.3) is 0 Å². The van der Waals surface area contributed by atoms with Gasteiger partial charge in [-0.25, -0.2) is 19.2 Å². The molecule has 3 aromatic rings. The molecule has 1 aromatic carbocycles. The predicted molar refractivity (Wildman–Crippen MR) is 120 cm³/mol. The van der Waals surface area contributed by atoms with Crippen LogP contribution in [0.1, 0.15) is 18.4 Å². The molecule has 0 spiro atoms. The summed E-state index contributed by atoms with van der Waals surface area (Å²) >= 11 is 0. The number of benzene rings is 1. The average Bonchev–Trinajstić information content (AvgIpc) is 2.80. The van der Waals surface area contributed by atoms with E-state index in [2.05, 4.69) is 25.9 Å². The molecule has 1 amide bonds. The number of carbonyl (C=O) groups excluding carboxylic acids is 1. The molecule has 0 radical (unpaired) electrons. The van der Waals surface area contributed by atoms with Crippen LogP contribution in [-0.4, -0.2) is 48.4 Å². The smallest absolute Gasteiger partial charge is 0.413 e. The van der Waals surface area contributed by atoms with Crippen LogP contribution in [0.2, 0.25) is 0 Å². The van der Waals surface area contributed by atoms with E-state index in [9.17, 15) is 9.18 Å². The quantitative estimate of drug-likeness (QED) is 0.573. The molecule has 4 heterocycles. The molecule has 3 N–H and O–H groups in total. The first-order chi connectivity index (χ1) is 15.6. The van der Waals surface area contributed by atoms with Gasteiger partial charge in [-0.3, -0.25) is 5.32 Å². The number of nitrogens with one attached hydrogen (secondary N) is 3. The lowest BCUT2D eigenvalue weighted by molar-refractivity contribution is 0.0908. The van der Waals surface area contributed by atoms with Crippen molar-refractivity contribution in [1.29, 1.82) is 0 Å². The molecule has 1 saturated heterocycles. The fourth-order valence-corrected chi connectivity index (χ4v) is 4.13. The number of anilines is 2. The van der Waals surface area contributed by atoms with Crippen LogP contribution in [0.5, 0.6) is 5.88 Å². The SMILES string of the molecule is Cc1c(-c2cc3cc(NC(=O)OC4CCNCC4)ncc3cc2F)cnc2c1NCCO2. The van der Waals surface area contributed by atoms with E-state index in [-0.39, 0.29) is 11.9 Å². The number of amides is 1. The number of nitrogens with zero attached hydrogens (tertiary/aromatic N) is 2. The van der Waals surface area contributed by atoms with Crippen LogP contribution < -0.4 is 20.7 Å². The fourth-order valence-electron chi connectivity index (χ4n) is 4.13. The number of pyridine rings is 2. The third-order valence-corrected chi connectivity index (χ3v) is 5.83. The Bertz CT molecular complexity index is 1180. The molecule has 0 bridgehead atoms. The molecule has 2 aliphatic rings. The molecular formula is C23H24FN5O3. The van der Waals surface area contributed by atoms with Crippen molar-refractivity contribution in [2.24, 2.45) is 0 Å². The molecule has 5 rings (SSSR count). The Hall–Kier alpha value is -3.46. The minimum absolute atomic E-state index is 0.102. The maximum Gasteiger partial charge on any atom is 0.413 e. The lowest BCUT2D eigenvalue weighted by atomic mass is 9.98. The van der Waals surface area contributed by atoms with Crippen molar-refractivity contribution >= 4 is 28.4 Å². The number of piperidine rings is 1. The molecule has 2 aromatic heterocycles. The third-order valence-electron chi connectivity index (χ3n) is 5.83. The van der Waals surface area contributed by atoms with Gasteiger partial charge in [0.15, 0.2) is 0 Å². The summed E-state index contributed by atoms with van der Waals surface area (Å²) in [7, 11) is 0. The van der Waals surface area contributed by atoms with Gasteiger partial charge < -0.3 is 20.1 Å². The zero-order valence-corrected chi connectivity index (χ0v) is 17.7. The van der Waals surface area contributed by atoms with Gasteiger partial charge in [0.1, 0.15) is 30.0 Å². The molecule has 9 heteroatoms. The number of ether oxygens (including phenoxy) is 2. The number of hydrogen-bond donors (Lipinski definition) is 3. The molecule has 32 heavy (non-hydrogen) atoms. The van der Waals surface area contributed by atoms with E-state index in [1.54, 1.807) is 18.3 Å². The lowest BCUT2D eigenvalue weighted by Gasteiger charge is -2.22. The molecule has 0 unspecified atom stereocenters. The van der Waals surface area contributed by atoms with Crippen LogP contribution in [0.3, 0.4) is 0 Å². The normalized spacial score (nSPS) is 16.1. The molecule has 166 valence electrons. The van der Waals surface area contributed by atoms with Crippen molar-refractivity contribution in [2.75, 3.05) is 36.9 Å². The van der Waals surface area contributed by atoms with Gasteiger partial charge in [0.2, 0.25) is 5.88 Å². The second kappa shape index (κ2) is 8.58. The summed E-state index contributed by atoms with van der Waals surface area (Å²) in [5.41, 5.74) is 2.75. The minimum Gasteiger partial charge on any atom is -0.474 e. The Kier molecular flexibility index (Phi) is 5.48. The monoisotopic (exact) mass is 437 g/mol. The van der Waals surface area contributed by atoms with Crippen molar-refractivity contribution in [3.8, 4) is 17.0 Å². The van der Waals surface area contributed by atoms with Crippen molar-refractivity contribution in [3.05, 3.63) is 42.0 Å². The highest BCUT2D eigenvalue weighted by molar-refractivity contribution is 5.92. The molecule has 0 aliphatic carbocycles. The standard InChI is InChI=1S/C23H24FN5O3/c1-13-18(12-28-22-21(13)26-6-7-31-22)17-8-14-10-20(27-11-15(14)9-19(17)24)29-23(30)32-16-2-4-25-5-3-16/h8-12,16,25-26H,2-7H2,1H3,(H,27,29,30). The van der Waals surface area contributed by atoms with E-state index in [0.29, 0.717) is 41.4 Å². The molecule has 0 atom stereocenters. The first-order valence-electron chi connectivity index (χ1n) is 10.7. The van der Waals surface area contributed by atoms with E-state index in [0.717, 1.165) is 42.6 Å². The highest BCUT2D eigenvalue weighted by Gasteiger charge is 2.20. The maximum atomic E-state index is 15.0. The van der Waals surface area contributed by atoms with Crippen LogP contribution >= 0.6 is 0 Å². The Morgan fingerprint density at radius 2 is 1.97 bits per heavy atom. The van der Waals surface area contributed by atoms with E-state index >= 15 is 0 Å². The van der Waals surface area contributed by atoms with Gasteiger partial charge in [-0.1, -0.05) is 0 Å². The van der Waals surface area contributed by atoms with E-state index in [1.165, 1.54) is 12.3 Å². The van der Waals surface area contributed by atoms with Crippen LogP contribution in [0, 0.1) is 12.7 Å². The topological polar surface area (TPSA) is 97.4 Å². The molecule has 8 nitrogen and oxygen atoms in total. The summed E-state index contributed by atoms with van der Waals surface area (Å²) in [5, 5.41) is 10.6. The highest BCUT2D eigenvalue weighted by Crippen LogP contribution is 2.37. The van der Waals surface area contributed by atoms with Crippen LogP contribution in [0.25, 0.3) is 21.9 Å². The Morgan fingerprint density at radius 1 is 1.12 bits per heavy atom. The maximum absolute atomic E-state index is 15.0. The molecular weight excluding hydrogens is 413 g/mol. The van der Waals surface area contributed by atoms with E-state index in [1.807, 2.05) is 6.92 Å². The molecule has 1 fully saturated rings. The summed E-state index contributed by atoms with van der Waals surface area (Å²) in [6, 6.07) is 4.90. The number of halogens is 1. The van der Waals surface area contributed by atoms with Gasteiger partial charge in [0, 0.05) is 35.5 Å². The Morgan fingerprint density at radius 3 is 2.81 bits per heavy atom. The van der Waals surface area contributed by atoms with Crippen LogP contribution in [0.15, 0.2) is 30.6 Å². The lowest BCUT2D eigenvalue weighted by Crippen LogP contribution is -2.34. The number of hydrogen-bond acceptors (Lipinski definition) is 7. The second-order valence-electron chi connectivity index (χ2n) is 7.98. The number of fused-ring (bicyclic) bond motifs is 2. The number of rotatable bonds is 3. The summed E-state index contributed by atoms with van der Waals surface area (Å²) in [4.78, 5) is 20.8. The highest BCUT2D eigenvalue weighted by atomic mass is 19.1. The summed E-state index contributed by atoms with van der Waals surface area (Å²) in [6.07, 6.45) is 4.10. The van der Waals surface area contributed by atoms with Gasteiger partial charge in [-0.15, -0.1) is 0 Å². The van der Waals surface area contributed by atoms with E-state index in [4.69, 9.17) is 9.47 Å². The number of carbonyl (C=O) groups is 1. The first-order valence-corrected chi connectivity index (χ1v) is 10.7. The van der Waals surface area contributed by atoms with Gasteiger partial charge >= 0.3 is 6.09 Å². The molecule has 2 aliphatic heterocycles. The minimum atomic E-state index is -0.535. The van der Waals surface area contributed by atoms with Gasteiger partial charge in [-0.2, -0.15) is 0 Å². The van der Waals surface area contributed by atoms with Crippen molar-refractivity contribution in [3.63, 3.8) is 0 Å². The van der Waals surface area contributed by atoms with Crippen LogP contribution in [-0.2, 0) is 4.74 Å². The largest absolute Gasteiger partial charge is 0.474 e. The van der Waals surface area contributed by atoms with Crippen molar-refractivity contribution in [2.45, 2.75) is 25.9 Å². The zero-order valence-electron chi connectivity index (χ0n) is 17.7. The zero-order chi connectivity index (χ0) is 22.1. The Balaban J connectivity index is 1.43. The summed E-state index contributed by atoms with van der Waals surface area (Å²) < 4.78 is 26.0. The predicted octanol–water partition coefficient (Wildman–Crippen LogP) is 3.85. The summed E-state index contributed by atoms with van der Waals surface area (Å²) in [6.45, 7) is 4.80. The first kappa shape index (κ1) is 20.4. The van der Waals surface area contributed by atoms with Gasteiger partial charge in [-0.05, 0) is 62.0 Å². The molecule has 0 saturated carbocycles. The second-order valence-corrected chi connectivity index (χ2v) is 7.98. The van der Waals surface area contributed by atoms with E-state index < -0.39 is 6.09 Å². The van der Waals surface area contributed by atoms with Gasteiger partial charge in [0.05, 0.1) is 0 Å².